The molecule has 0 bridgehead atoms. The first kappa shape index (κ1) is 15.1. The van der Waals surface area contributed by atoms with E-state index in [1.165, 1.54) is 0 Å². The lowest BCUT2D eigenvalue weighted by Crippen LogP contribution is -2.30. The van der Waals surface area contributed by atoms with Crippen LogP contribution >= 0.6 is 31.9 Å². The molecule has 1 aromatic carbocycles. The zero-order chi connectivity index (χ0) is 14.5. The Bertz CT molecular complexity index is 584. The summed E-state index contributed by atoms with van der Waals surface area (Å²) >= 11 is 6.75. The number of rotatable bonds is 5. The van der Waals surface area contributed by atoms with Crippen LogP contribution < -0.4 is 4.74 Å². The average molecular weight is 403 g/mol. The Kier molecular flexibility index (Phi) is 5.25. The van der Waals surface area contributed by atoms with Crippen LogP contribution in [0.25, 0.3) is 0 Å². The van der Waals surface area contributed by atoms with Crippen molar-refractivity contribution in [1.82, 2.24) is 4.90 Å². The summed E-state index contributed by atoms with van der Waals surface area (Å²) in [5.41, 5.74) is 0. The first-order chi connectivity index (χ1) is 9.56. The molecule has 0 spiro atoms. The minimum Gasteiger partial charge on any atom is -0.483 e. The number of carbonyl (C=O) groups is 1. The normalized spacial score (nSPS) is 10.3. The monoisotopic (exact) mass is 401 g/mol. The molecule has 1 heterocycles. The summed E-state index contributed by atoms with van der Waals surface area (Å²) in [5, 5.41) is 0. The Morgan fingerprint density at radius 3 is 2.80 bits per heavy atom. The molecule has 6 heteroatoms. The zero-order valence-corrected chi connectivity index (χ0v) is 14.0. The van der Waals surface area contributed by atoms with Gasteiger partial charge in [0.15, 0.2) is 6.61 Å². The zero-order valence-electron chi connectivity index (χ0n) is 10.8. The summed E-state index contributed by atoms with van der Waals surface area (Å²) in [6.07, 6.45) is 1.59. The number of likely N-dealkylation sites (N-methyl/N-ethyl adjacent to an activating group) is 1. The van der Waals surface area contributed by atoms with Crippen LogP contribution in [-0.4, -0.2) is 24.5 Å². The Balaban J connectivity index is 1.88. The molecular formula is C14H13Br2NO3. The van der Waals surface area contributed by atoms with Gasteiger partial charge in [-0.25, -0.2) is 0 Å². The van der Waals surface area contributed by atoms with Crippen LogP contribution in [0.5, 0.6) is 5.75 Å². The van der Waals surface area contributed by atoms with Crippen LogP contribution in [0.3, 0.4) is 0 Å². The molecule has 0 saturated carbocycles. The van der Waals surface area contributed by atoms with Gasteiger partial charge in [0.2, 0.25) is 0 Å². The summed E-state index contributed by atoms with van der Waals surface area (Å²) in [6, 6.07) is 9.15. The first-order valence-electron chi connectivity index (χ1n) is 5.90. The average Bonchev–Trinajstić information content (AvgIpc) is 2.90. The van der Waals surface area contributed by atoms with E-state index >= 15 is 0 Å². The van der Waals surface area contributed by atoms with E-state index in [0.29, 0.717) is 12.3 Å². The lowest BCUT2D eigenvalue weighted by atomic mass is 10.3. The van der Waals surface area contributed by atoms with Crippen molar-refractivity contribution >= 4 is 37.8 Å². The standard InChI is InChI=1S/C14H13Br2NO3/c1-17(8-11-3-2-6-19-11)14(18)9-20-13-5-4-10(15)7-12(13)16/h2-7H,8-9H2,1H3. The van der Waals surface area contributed by atoms with Gasteiger partial charge in [0, 0.05) is 11.5 Å². The van der Waals surface area contributed by atoms with Gasteiger partial charge in [-0.2, -0.15) is 0 Å². The van der Waals surface area contributed by atoms with Crippen molar-refractivity contribution in [1.29, 1.82) is 0 Å². The molecule has 4 nitrogen and oxygen atoms in total. The van der Waals surface area contributed by atoms with Gasteiger partial charge >= 0.3 is 0 Å². The highest BCUT2D eigenvalue weighted by molar-refractivity contribution is 9.11. The van der Waals surface area contributed by atoms with Crippen molar-refractivity contribution in [2.45, 2.75) is 6.54 Å². The number of hydrogen-bond acceptors (Lipinski definition) is 3. The molecule has 0 radical (unpaired) electrons. The van der Waals surface area contributed by atoms with E-state index in [2.05, 4.69) is 31.9 Å². The van der Waals surface area contributed by atoms with Crippen LogP contribution in [0.2, 0.25) is 0 Å². The van der Waals surface area contributed by atoms with Gasteiger partial charge in [0.05, 0.1) is 17.3 Å². The summed E-state index contributed by atoms with van der Waals surface area (Å²) < 4.78 is 12.4. The summed E-state index contributed by atoms with van der Waals surface area (Å²) in [4.78, 5) is 13.5. The molecule has 2 aromatic rings. The van der Waals surface area contributed by atoms with E-state index in [0.717, 1.165) is 14.7 Å². The van der Waals surface area contributed by atoms with Crippen molar-refractivity contribution in [2.24, 2.45) is 0 Å². The molecule has 0 atom stereocenters. The van der Waals surface area contributed by atoms with Gasteiger partial charge in [0.25, 0.3) is 5.91 Å². The van der Waals surface area contributed by atoms with Crippen molar-refractivity contribution in [2.75, 3.05) is 13.7 Å². The van der Waals surface area contributed by atoms with E-state index in [1.807, 2.05) is 18.2 Å². The van der Waals surface area contributed by atoms with Gasteiger partial charge in [-0.05, 0) is 46.3 Å². The molecule has 0 saturated heterocycles. The maximum absolute atomic E-state index is 12.0. The summed E-state index contributed by atoms with van der Waals surface area (Å²) in [7, 11) is 1.71. The molecule has 1 aromatic heterocycles. The molecule has 2 rings (SSSR count). The number of carbonyl (C=O) groups excluding carboxylic acids is 1. The minimum atomic E-state index is -0.115. The molecule has 1 amide bonds. The fourth-order valence-corrected chi connectivity index (χ4v) is 2.73. The maximum atomic E-state index is 12.0. The Labute approximate surface area is 134 Å². The van der Waals surface area contributed by atoms with Gasteiger partial charge in [-0.3, -0.25) is 4.79 Å². The number of halogens is 2. The number of nitrogens with zero attached hydrogens (tertiary/aromatic N) is 1. The van der Waals surface area contributed by atoms with E-state index in [1.54, 1.807) is 30.3 Å². The summed E-state index contributed by atoms with van der Waals surface area (Å²) in [5.74, 6) is 1.26. The van der Waals surface area contributed by atoms with Crippen molar-refractivity contribution in [3.8, 4) is 5.75 Å². The molecular weight excluding hydrogens is 390 g/mol. The smallest absolute Gasteiger partial charge is 0.260 e. The van der Waals surface area contributed by atoms with Crippen LogP contribution in [0.1, 0.15) is 5.76 Å². The molecule has 20 heavy (non-hydrogen) atoms. The second-order valence-corrected chi connectivity index (χ2v) is 5.96. The quantitative estimate of drug-likeness (QED) is 0.762. The predicted octanol–water partition coefficient (Wildman–Crippen LogP) is 3.84. The first-order valence-corrected chi connectivity index (χ1v) is 7.49. The van der Waals surface area contributed by atoms with Gasteiger partial charge in [-0.1, -0.05) is 15.9 Å². The number of furan rings is 1. The molecule has 0 fully saturated rings. The lowest BCUT2D eigenvalue weighted by molar-refractivity contribution is -0.132. The molecule has 0 aliphatic heterocycles. The third-order valence-corrected chi connectivity index (χ3v) is 3.76. The maximum Gasteiger partial charge on any atom is 0.260 e. The second kappa shape index (κ2) is 6.95. The highest BCUT2D eigenvalue weighted by atomic mass is 79.9. The molecule has 0 N–H and O–H groups in total. The number of amides is 1. The number of ether oxygens (including phenoxy) is 1. The van der Waals surface area contributed by atoms with Gasteiger partial charge in [0.1, 0.15) is 11.5 Å². The summed E-state index contributed by atoms with van der Waals surface area (Å²) in [6.45, 7) is 0.411. The van der Waals surface area contributed by atoms with Crippen LogP contribution in [0, 0.1) is 0 Å². The third-order valence-electron chi connectivity index (χ3n) is 2.64. The van der Waals surface area contributed by atoms with Crippen LogP contribution in [-0.2, 0) is 11.3 Å². The Morgan fingerprint density at radius 2 is 2.15 bits per heavy atom. The fraction of sp³-hybridized carbons (Fsp3) is 0.214. The van der Waals surface area contributed by atoms with E-state index in [9.17, 15) is 4.79 Å². The minimum absolute atomic E-state index is 0.0164. The van der Waals surface area contributed by atoms with Crippen LogP contribution in [0.15, 0.2) is 50.0 Å². The lowest BCUT2D eigenvalue weighted by Gasteiger charge is -2.16. The largest absolute Gasteiger partial charge is 0.483 e. The Morgan fingerprint density at radius 1 is 1.35 bits per heavy atom. The van der Waals surface area contributed by atoms with Crippen molar-refractivity contribution in [3.63, 3.8) is 0 Å². The van der Waals surface area contributed by atoms with Crippen molar-refractivity contribution < 1.29 is 13.9 Å². The molecule has 0 aliphatic rings. The highest BCUT2D eigenvalue weighted by Crippen LogP contribution is 2.28. The second-order valence-electron chi connectivity index (χ2n) is 4.19. The van der Waals surface area contributed by atoms with Gasteiger partial charge in [-0.15, -0.1) is 0 Å². The van der Waals surface area contributed by atoms with Crippen LogP contribution in [0.4, 0.5) is 0 Å². The van der Waals surface area contributed by atoms with Gasteiger partial charge < -0.3 is 14.1 Å². The highest BCUT2D eigenvalue weighted by Gasteiger charge is 2.12. The van der Waals surface area contributed by atoms with E-state index in [4.69, 9.17) is 9.15 Å². The predicted molar refractivity (Wildman–Crippen MR) is 82.5 cm³/mol. The molecule has 0 unspecified atom stereocenters. The van der Waals surface area contributed by atoms with Crippen molar-refractivity contribution in [3.05, 3.63) is 51.3 Å². The Hall–Kier alpha value is -1.27. The SMILES string of the molecule is CN(Cc1ccco1)C(=O)COc1ccc(Br)cc1Br. The topological polar surface area (TPSA) is 42.7 Å². The fourth-order valence-electron chi connectivity index (χ4n) is 1.57. The molecule has 106 valence electrons. The van der Waals surface area contributed by atoms with E-state index in [-0.39, 0.29) is 12.5 Å². The third kappa shape index (κ3) is 4.11. The number of hydrogen-bond donors (Lipinski definition) is 0. The number of benzene rings is 1. The molecule has 0 aliphatic carbocycles. The van der Waals surface area contributed by atoms with E-state index < -0.39 is 0 Å².